The van der Waals surface area contributed by atoms with Crippen LogP contribution in [0.15, 0.2) is 24.3 Å². The fraction of sp³-hybridized carbons (Fsp3) is 0.333. The number of carbonyl (C=O) groups is 2. The molecule has 1 aromatic carbocycles. The Morgan fingerprint density at radius 2 is 1.58 bits per heavy atom. The van der Waals surface area contributed by atoms with Gasteiger partial charge in [-0.3, -0.25) is 14.2 Å². The minimum atomic E-state index is -3.52. The predicted molar refractivity (Wildman–Crippen MR) is 67.8 cm³/mol. The van der Waals surface area contributed by atoms with Crippen LogP contribution in [0.2, 0.25) is 0 Å². The first-order valence-electron chi connectivity index (χ1n) is 5.75. The van der Waals surface area contributed by atoms with Crippen LogP contribution in [0.4, 0.5) is 0 Å². The zero-order valence-electron chi connectivity index (χ0n) is 10.8. The molecule has 0 saturated heterocycles. The van der Waals surface area contributed by atoms with E-state index in [0.717, 1.165) is 0 Å². The summed E-state index contributed by atoms with van der Waals surface area (Å²) in [5, 5.41) is 0.508. The fourth-order valence-electron chi connectivity index (χ4n) is 1.79. The van der Waals surface area contributed by atoms with Crippen molar-refractivity contribution < 1.29 is 23.3 Å². The van der Waals surface area contributed by atoms with Gasteiger partial charge in [-0.15, -0.1) is 5.06 Å². The van der Waals surface area contributed by atoms with Crippen LogP contribution in [0.3, 0.4) is 0 Å². The molecular weight excluding hydrogens is 269 g/mol. The van der Waals surface area contributed by atoms with Crippen LogP contribution >= 0.6 is 7.60 Å². The lowest BCUT2D eigenvalue weighted by molar-refractivity contribution is -0.0256. The topological polar surface area (TPSA) is 72.9 Å². The second-order valence-corrected chi connectivity index (χ2v) is 6.37. The molecule has 19 heavy (non-hydrogen) atoms. The Kier molecular flexibility index (Phi) is 3.58. The first kappa shape index (κ1) is 13.9. The zero-order valence-corrected chi connectivity index (χ0v) is 11.7. The fourth-order valence-corrected chi connectivity index (χ4v) is 3.04. The van der Waals surface area contributed by atoms with E-state index in [9.17, 15) is 14.2 Å². The molecule has 1 aliphatic heterocycles. The molecule has 2 amide bonds. The van der Waals surface area contributed by atoms with Gasteiger partial charge in [-0.05, 0) is 26.0 Å². The van der Waals surface area contributed by atoms with E-state index in [1.807, 2.05) is 0 Å². The number of hydrogen-bond acceptors (Lipinski definition) is 5. The lowest BCUT2D eigenvalue weighted by atomic mass is 10.1. The number of imide groups is 1. The lowest BCUT2D eigenvalue weighted by Crippen LogP contribution is -2.29. The van der Waals surface area contributed by atoms with E-state index in [4.69, 9.17) is 9.15 Å². The summed E-state index contributed by atoms with van der Waals surface area (Å²) >= 11 is 0. The van der Waals surface area contributed by atoms with Crippen LogP contribution in [0.5, 0.6) is 0 Å². The highest BCUT2D eigenvalue weighted by Gasteiger charge is 2.40. The Morgan fingerprint density at radius 1 is 1.11 bits per heavy atom. The van der Waals surface area contributed by atoms with Crippen LogP contribution in [0.25, 0.3) is 0 Å². The smallest absolute Gasteiger partial charge is 0.305 e. The van der Waals surface area contributed by atoms with E-state index in [-0.39, 0.29) is 17.2 Å². The Hall–Kier alpha value is -1.49. The number of hydroxylamine groups is 2. The summed E-state index contributed by atoms with van der Waals surface area (Å²) < 4.78 is 22.1. The minimum absolute atomic E-state index is 0.233. The van der Waals surface area contributed by atoms with Gasteiger partial charge in [-0.1, -0.05) is 12.1 Å². The van der Waals surface area contributed by atoms with Crippen LogP contribution < -0.4 is 0 Å². The standard InChI is InChI=1S/C12H14NO5P/c1-8(2)17-19(3,16)18-13-11(14)9-6-4-5-7-10(9)12(13)15/h4-8H,1-3H3. The second kappa shape index (κ2) is 4.89. The van der Waals surface area contributed by atoms with Crippen molar-refractivity contribution >= 4 is 19.4 Å². The van der Waals surface area contributed by atoms with E-state index >= 15 is 0 Å². The van der Waals surface area contributed by atoms with Gasteiger partial charge in [0.1, 0.15) is 0 Å². The molecule has 0 fully saturated rings. The van der Waals surface area contributed by atoms with Crippen molar-refractivity contribution in [2.45, 2.75) is 20.0 Å². The summed E-state index contributed by atoms with van der Waals surface area (Å²) in [6.45, 7) is 4.58. The molecule has 0 aliphatic carbocycles. The minimum Gasteiger partial charge on any atom is -0.305 e. The van der Waals surface area contributed by atoms with E-state index < -0.39 is 19.4 Å². The van der Waals surface area contributed by atoms with Gasteiger partial charge in [0.2, 0.25) is 0 Å². The van der Waals surface area contributed by atoms with Crippen molar-refractivity contribution in [2.24, 2.45) is 0 Å². The van der Waals surface area contributed by atoms with Crippen molar-refractivity contribution in [1.29, 1.82) is 0 Å². The third-order valence-electron chi connectivity index (χ3n) is 2.39. The summed E-state index contributed by atoms with van der Waals surface area (Å²) in [5.41, 5.74) is 0.467. The highest BCUT2D eigenvalue weighted by Crippen LogP contribution is 2.47. The van der Waals surface area contributed by atoms with Gasteiger partial charge in [-0.25, -0.2) is 0 Å². The molecule has 0 radical (unpaired) electrons. The molecule has 0 aromatic heterocycles. The van der Waals surface area contributed by atoms with Gasteiger partial charge < -0.3 is 4.52 Å². The molecule has 0 spiro atoms. The van der Waals surface area contributed by atoms with Crippen LogP contribution in [0, 0.1) is 0 Å². The molecule has 0 bridgehead atoms. The Morgan fingerprint density at radius 3 is 2.00 bits per heavy atom. The zero-order chi connectivity index (χ0) is 14.2. The average Bonchev–Trinajstić information content (AvgIpc) is 2.53. The van der Waals surface area contributed by atoms with Crippen molar-refractivity contribution in [3.8, 4) is 0 Å². The summed E-state index contributed by atoms with van der Waals surface area (Å²) in [6.07, 6.45) is -0.342. The summed E-state index contributed by atoms with van der Waals surface area (Å²) in [4.78, 5) is 23.9. The highest BCUT2D eigenvalue weighted by atomic mass is 31.2. The molecule has 1 atom stereocenters. The van der Waals surface area contributed by atoms with Crippen LogP contribution in [-0.4, -0.2) is 29.6 Å². The van der Waals surface area contributed by atoms with Gasteiger partial charge in [0.25, 0.3) is 11.8 Å². The monoisotopic (exact) mass is 283 g/mol. The first-order chi connectivity index (χ1) is 8.82. The molecule has 0 N–H and O–H groups in total. The van der Waals surface area contributed by atoms with Gasteiger partial charge in [0.15, 0.2) is 0 Å². The molecule has 1 aromatic rings. The first-order valence-corrected chi connectivity index (χ1v) is 7.74. The van der Waals surface area contributed by atoms with Crippen LogP contribution in [0.1, 0.15) is 34.6 Å². The Bertz CT molecular complexity index is 548. The normalized spacial score (nSPS) is 17.8. The Balaban J connectivity index is 2.23. The second-order valence-electron chi connectivity index (χ2n) is 4.46. The quantitative estimate of drug-likeness (QED) is 0.627. The molecule has 7 heteroatoms. The molecular formula is C12H14NO5P. The van der Waals surface area contributed by atoms with Gasteiger partial charge in [-0.2, -0.15) is 4.62 Å². The van der Waals surface area contributed by atoms with E-state index in [0.29, 0.717) is 5.06 Å². The van der Waals surface area contributed by atoms with Crippen molar-refractivity contribution in [3.63, 3.8) is 0 Å². The van der Waals surface area contributed by atoms with Crippen LogP contribution in [-0.2, 0) is 13.7 Å². The molecule has 0 saturated carbocycles. The van der Waals surface area contributed by atoms with Crippen molar-refractivity contribution in [2.75, 3.05) is 6.66 Å². The van der Waals surface area contributed by atoms with Crippen molar-refractivity contribution in [3.05, 3.63) is 35.4 Å². The summed E-state index contributed by atoms with van der Waals surface area (Å²) in [6, 6.07) is 6.32. The van der Waals surface area contributed by atoms with E-state index in [1.165, 1.54) is 18.8 Å². The third-order valence-corrected chi connectivity index (χ3v) is 3.65. The molecule has 102 valence electrons. The number of carbonyl (C=O) groups excluding carboxylic acids is 2. The molecule has 2 rings (SSSR count). The Labute approximate surface area is 110 Å². The SMILES string of the molecule is CC(C)OP(C)(=O)ON1C(=O)c2ccccc2C1=O. The van der Waals surface area contributed by atoms with Gasteiger partial charge >= 0.3 is 7.60 Å². The molecule has 1 aliphatic rings. The maximum Gasteiger partial charge on any atom is 0.349 e. The van der Waals surface area contributed by atoms with Crippen molar-refractivity contribution in [1.82, 2.24) is 5.06 Å². The number of nitrogens with zero attached hydrogens (tertiary/aromatic N) is 1. The number of rotatable bonds is 4. The maximum atomic E-state index is 12.0. The van der Waals surface area contributed by atoms with Gasteiger partial charge in [0, 0.05) is 6.66 Å². The largest absolute Gasteiger partial charge is 0.349 e. The maximum absolute atomic E-state index is 12.0. The highest BCUT2D eigenvalue weighted by molar-refractivity contribution is 7.52. The molecule has 1 heterocycles. The summed E-state index contributed by atoms with van der Waals surface area (Å²) in [7, 11) is -3.52. The number of fused-ring (bicyclic) bond motifs is 1. The van der Waals surface area contributed by atoms with E-state index in [2.05, 4.69) is 0 Å². The molecule has 1 unspecified atom stereocenters. The summed E-state index contributed by atoms with van der Waals surface area (Å²) in [5.74, 6) is -1.26. The number of hydrogen-bond donors (Lipinski definition) is 0. The number of benzene rings is 1. The predicted octanol–water partition coefficient (Wildman–Crippen LogP) is 2.46. The number of amides is 2. The molecule has 6 nitrogen and oxygen atoms in total. The van der Waals surface area contributed by atoms with Gasteiger partial charge in [0.05, 0.1) is 17.2 Å². The lowest BCUT2D eigenvalue weighted by Gasteiger charge is -2.20. The average molecular weight is 283 g/mol. The van der Waals surface area contributed by atoms with E-state index in [1.54, 1.807) is 26.0 Å². The third kappa shape index (κ3) is 2.76.